The van der Waals surface area contributed by atoms with Gasteiger partial charge in [-0.05, 0) is 35.7 Å². The Labute approximate surface area is 162 Å². The van der Waals surface area contributed by atoms with Gasteiger partial charge in [0, 0.05) is 11.1 Å². The van der Waals surface area contributed by atoms with E-state index < -0.39 is 23.7 Å². The summed E-state index contributed by atoms with van der Waals surface area (Å²) in [6.07, 6.45) is -0.790. The molecule has 142 valence electrons. The highest BCUT2D eigenvalue weighted by atomic mass is 19.1. The summed E-state index contributed by atoms with van der Waals surface area (Å²) in [6, 6.07) is 20.5. The van der Waals surface area contributed by atoms with Gasteiger partial charge in [0.2, 0.25) is 0 Å². The number of carbonyl (C=O) groups is 1. The molecule has 3 N–H and O–H groups in total. The maximum absolute atomic E-state index is 13.6. The summed E-state index contributed by atoms with van der Waals surface area (Å²) in [7, 11) is 0. The van der Waals surface area contributed by atoms with Crippen molar-refractivity contribution in [3.05, 3.63) is 95.3 Å². The number of ether oxygens (including phenoxy) is 1. The van der Waals surface area contributed by atoms with Crippen LogP contribution in [0, 0.1) is 5.82 Å². The number of aliphatic carboxylic acids is 1. The second-order valence-electron chi connectivity index (χ2n) is 6.97. The van der Waals surface area contributed by atoms with Gasteiger partial charge in [-0.15, -0.1) is 0 Å². The van der Waals surface area contributed by atoms with Crippen molar-refractivity contribution in [1.29, 1.82) is 0 Å². The molecule has 3 aromatic carbocycles. The van der Waals surface area contributed by atoms with E-state index in [9.17, 15) is 14.3 Å². The van der Waals surface area contributed by atoms with Gasteiger partial charge < -0.3 is 15.6 Å². The van der Waals surface area contributed by atoms with Crippen LogP contribution in [0.2, 0.25) is 0 Å². The van der Waals surface area contributed by atoms with E-state index in [0.29, 0.717) is 0 Å². The number of hydrogen-bond acceptors (Lipinski definition) is 3. The first-order chi connectivity index (χ1) is 13.4. The smallest absolute Gasteiger partial charge is 0.323 e. The van der Waals surface area contributed by atoms with Crippen molar-refractivity contribution in [3.63, 3.8) is 0 Å². The van der Waals surface area contributed by atoms with Crippen molar-refractivity contribution >= 4 is 5.97 Å². The van der Waals surface area contributed by atoms with Gasteiger partial charge in [0.1, 0.15) is 17.5 Å². The topological polar surface area (TPSA) is 72.5 Å². The Balaban J connectivity index is 1.99. The van der Waals surface area contributed by atoms with E-state index in [1.54, 1.807) is 19.1 Å². The molecular formula is C23H20FNO3. The number of carboxylic acid groups (broad SMARTS) is 1. The molecule has 0 amide bonds. The Kier molecular flexibility index (Phi) is 4.49. The summed E-state index contributed by atoms with van der Waals surface area (Å²) in [5.41, 5.74) is 9.26. The summed E-state index contributed by atoms with van der Waals surface area (Å²) in [5, 5.41) is 9.35. The summed E-state index contributed by atoms with van der Waals surface area (Å²) in [5.74, 6) is -1.49. The SMILES string of the molecule is C[C@@H](OC1(c2ccc(F)cc2)c2ccccc2-c2ccccc21)[C@H](N)C(=O)O. The second-order valence-corrected chi connectivity index (χ2v) is 6.97. The fraction of sp³-hybridized carbons (Fsp3) is 0.174. The second kappa shape index (κ2) is 6.86. The minimum atomic E-state index is -1.20. The molecule has 0 heterocycles. The molecule has 0 unspecified atom stereocenters. The molecule has 0 aliphatic heterocycles. The van der Waals surface area contributed by atoms with E-state index in [0.717, 1.165) is 27.8 Å². The van der Waals surface area contributed by atoms with Crippen molar-refractivity contribution in [1.82, 2.24) is 0 Å². The molecule has 0 bridgehead atoms. The zero-order valence-electron chi connectivity index (χ0n) is 15.3. The number of nitrogens with two attached hydrogens (primary N) is 1. The predicted molar refractivity (Wildman–Crippen MR) is 104 cm³/mol. The molecule has 1 aliphatic rings. The van der Waals surface area contributed by atoms with Gasteiger partial charge in [0.05, 0.1) is 6.10 Å². The minimum absolute atomic E-state index is 0.353. The van der Waals surface area contributed by atoms with Gasteiger partial charge in [0.25, 0.3) is 0 Å². The molecule has 0 fully saturated rings. The van der Waals surface area contributed by atoms with E-state index >= 15 is 0 Å². The largest absolute Gasteiger partial charge is 0.480 e. The number of fused-ring (bicyclic) bond motifs is 3. The van der Waals surface area contributed by atoms with Crippen molar-refractivity contribution in [2.45, 2.75) is 24.7 Å². The van der Waals surface area contributed by atoms with E-state index in [-0.39, 0.29) is 5.82 Å². The molecule has 5 heteroatoms. The number of benzene rings is 3. The van der Waals surface area contributed by atoms with Gasteiger partial charge in [-0.3, -0.25) is 4.79 Å². The number of carboxylic acids is 1. The third-order valence-corrected chi connectivity index (χ3v) is 5.31. The molecule has 28 heavy (non-hydrogen) atoms. The number of hydrogen-bond donors (Lipinski definition) is 2. The Bertz CT molecular complexity index is 987. The van der Waals surface area contributed by atoms with Crippen LogP contribution < -0.4 is 5.73 Å². The molecule has 4 nitrogen and oxygen atoms in total. The lowest BCUT2D eigenvalue weighted by atomic mass is 9.83. The van der Waals surface area contributed by atoms with E-state index in [4.69, 9.17) is 10.5 Å². The van der Waals surface area contributed by atoms with Crippen molar-refractivity contribution < 1.29 is 19.0 Å². The maximum atomic E-state index is 13.6. The fourth-order valence-corrected chi connectivity index (χ4v) is 3.94. The van der Waals surface area contributed by atoms with Crippen LogP contribution in [0.3, 0.4) is 0 Å². The van der Waals surface area contributed by atoms with Gasteiger partial charge >= 0.3 is 5.97 Å². The van der Waals surface area contributed by atoms with Crippen LogP contribution in [-0.4, -0.2) is 23.2 Å². The van der Waals surface area contributed by atoms with E-state index in [1.807, 2.05) is 48.5 Å². The van der Waals surface area contributed by atoms with Gasteiger partial charge in [-0.25, -0.2) is 4.39 Å². The molecule has 0 radical (unpaired) electrons. The first-order valence-electron chi connectivity index (χ1n) is 9.07. The van der Waals surface area contributed by atoms with Crippen LogP contribution in [0.1, 0.15) is 23.6 Å². The standard InChI is InChI=1S/C23H20FNO3/c1-14(21(25)22(26)27)28-23(15-10-12-16(24)13-11-15)19-8-4-2-6-17(19)18-7-3-5-9-20(18)23/h2-14,21H,25H2,1H3,(H,26,27)/t14-,21+/m1/s1. The molecule has 4 rings (SSSR count). The molecule has 3 aromatic rings. The van der Waals surface area contributed by atoms with Crippen LogP contribution in [0.15, 0.2) is 72.8 Å². The Morgan fingerprint density at radius 2 is 1.46 bits per heavy atom. The summed E-state index contributed by atoms with van der Waals surface area (Å²) in [6.45, 7) is 1.65. The summed E-state index contributed by atoms with van der Waals surface area (Å²) in [4.78, 5) is 11.4. The predicted octanol–water partition coefficient (Wildman–Crippen LogP) is 3.92. The first kappa shape index (κ1) is 18.3. The highest BCUT2D eigenvalue weighted by molar-refractivity contribution is 5.82. The lowest BCUT2D eigenvalue weighted by molar-refractivity contribution is -0.144. The van der Waals surface area contributed by atoms with Crippen LogP contribution in [-0.2, 0) is 15.1 Å². The molecule has 0 saturated heterocycles. The zero-order chi connectivity index (χ0) is 19.9. The van der Waals surface area contributed by atoms with E-state index in [1.165, 1.54) is 12.1 Å². The van der Waals surface area contributed by atoms with Crippen molar-refractivity contribution in [2.75, 3.05) is 0 Å². The molecule has 0 saturated carbocycles. The molecule has 0 spiro atoms. The molecule has 2 atom stereocenters. The molecule has 0 aromatic heterocycles. The van der Waals surface area contributed by atoms with Crippen LogP contribution in [0.4, 0.5) is 4.39 Å². The highest BCUT2D eigenvalue weighted by Gasteiger charge is 2.47. The maximum Gasteiger partial charge on any atom is 0.323 e. The Morgan fingerprint density at radius 3 is 1.96 bits per heavy atom. The first-order valence-corrected chi connectivity index (χ1v) is 9.07. The van der Waals surface area contributed by atoms with Gasteiger partial charge in [-0.1, -0.05) is 60.7 Å². The van der Waals surface area contributed by atoms with Crippen LogP contribution in [0.25, 0.3) is 11.1 Å². The monoisotopic (exact) mass is 377 g/mol. The highest BCUT2D eigenvalue weighted by Crippen LogP contribution is 2.53. The van der Waals surface area contributed by atoms with Gasteiger partial charge in [-0.2, -0.15) is 0 Å². The Morgan fingerprint density at radius 1 is 0.964 bits per heavy atom. The summed E-state index contributed by atoms with van der Waals surface area (Å²) >= 11 is 0. The normalized spacial score (nSPS) is 16.1. The molecule has 1 aliphatic carbocycles. The van der Waals surface area contributed by atoms with Crippen molar-refractivity contribution in [2.24, 2.45) is 5.73 Å². The minimum Gasteiger partial charge on any atom is -0.480 e. The third-order valence-electron chi connectivity index (χ3n) is 5.31. The third kappa shape index (κ3) is 2.71. The quantitative estimate of drug-likeness (QED) is 0.707. The zero-order valence-corrected chi connectivity index (χ0v) is 15.3. The van der Waals surface area contributed by atoms with Gasteiger partial charge in [0.15, 0.2) is 0 Å². The van der Waals surface area contributed by atoms with E-state index in [2.05, 4.69) is 0 Å². The van der Waals surface area contributed by atoms with Crippen molar-refractivity contribution in [3.8, 4) is 11.1 Å². The Hall–Kier alpha value is -3.02. The van der Waals surface area contributed by atoms with Crippen LogP contribution in [0.5, 0.6) is 0 Å². The lowest BCUT2D eigenvalue weighted by Gasteiger charge is -2.36. The average Bonchev–Trinajstić information content (AvgIpc) is 2.99. The fourth-order valence-electron chi connectivity index (χ4n) is 3.94. The average molecular weight is 377 g/mol. The lowest BCUT2D eigenvalue weighted by Crippen LogP contribution is -2.46. The number of rotatable bonds is 5. The van der Waals surface area contributed by atoms with Crippen LogP contribution >= 0.6 is 0 Å². The number of halogens is 1. The molecular weight excluding hydrogens is 357 g/mol. The summed E-state index contributed by atoms with van der Waals surface area (Å²) < 4.78 is 20.1.